The Morgan fingerprint density at radius 2 is 2.04 bits per heavy atom. The maximum atomic E-state index is 14.0. The summed E-state index contributed by atoms with van der Waals surface area (Å²) in [4.78, 5) is 13.6. The molecular formula is C21H26FN2O3+. The van der Waals surface area contributed by atoms with Gasteiger partial charge in [-0.25, -0.2) is 4.39 Å². The highest BCUT2D eigenvalue weighted by Crippen LogP contribution is 2.31. The lowest BCUT2D eigenvalue weighted by Gasteiger charge is -2.23. The van der Waals surface area contributed by atoms with Gasteiger partial charge >= 0.3 is 0 Å². The maximum absolute atomic E-state index is 14.0. The van der Waals surface area contributed by atoms with Gasteiger partial charge in [-0.1, -0.05) is 6.07 Å². The molecule has 3 rings (SSSR count). The van der Waals surface area contributed by atoms with Crippen LogP contribution in [0.4, 0.5) is 10.1 Å². The van der Waals surface area contributed by atoms with Gasteiger partial charge in [0.25, 0.3) is 5.91 Å². The molecule has 2 N–H and O–H groups in total. The number of rotatable bonds is 6. The van der Waals surface area contributed by atoms with Crippen LogP contribution in [0.1, 0.15) is 30.0 Å². The Bertz CT molecular complexity index is 825. The van der Waals surface area contributed by atoms with Crippen LogP contribution >= 0.6 is 0 Å². The second-order valence-corrected chi connectivity index (χ2v) is 6.92. The normalized spacial score (nSPS) is 19.0. The van der Waals surface area contributed by atoms with E-state index in [-0.39, 0.29) is 24.2 Å². The summed E-state index contributed by atoms with van der Waals surface area (Å²) in [6, 6.07) is 10.8. The zero-order valence-electron chi connectivity index (χ0n) is 16.0. The molecule has 1 saturated heterocycles. The Labute approximate surface area is 159 Å². The Balaban J connectivity index is 1.72. The molecule has 0 bridgehead atoms. The molecule has 2 aromatic carbocycles. The summed E-state index contributed by atoms with van der Waals surface area (Å²) in [5, 5.41) is 2.70. The first kappa shape index (κ1) is 19.2. The predicted molar refractivity (Wildman–Crippen MR) is 102 cm³/mol. The summed E-state index contributed by atoms with van der Waals surface area (Å²) in [5.74, 6) is 0.909. The second kappa shape index (κ2) is 8.39. The molecule has 0 aliphatic carbocycles. The van der Waals surface area contributed by atoms with Gasteiger partial charge < -0.3 is 19.7 Å². The number of aryl methyl sites for hydroxylation is 1. The number of amides is 1. The minimum atomic E-state index is -0.409. The zero-order chi connectivity index (χ0) is 19.4. The Hall–Kier alpha value is -2.60. The zero-order valence-corrected chi connectivity index (χ0v) is 16.0. The third-order valence-electron chi connectivity index (χ3n) is 5.09. The van der Waals surface area contributed by atoms with E-state index in [4.69, 9.17) is 9.47 Å². The van der Waals surface area contributed by atoms with E-state index in [0.717, 1.165) is 46.9 Å². The molecule has 27 heavy (non-hydrogen) atoms. The number of anilines is 1. The van der Waals surface area contributed by atoms with Gasteiger partial charge in [0.1, 0.15) is 23.4 Å². The molecular weight excluding hydrogens is 347 g/mol. The molecule has 5 nitrogen and oxygen atoms in total. The second-order valence-electron chi connectivity index (χ2n) is 6.92. The van der Waals surface area contributed by atoms with Crippen LogP contribution in [0.3, 0.4) is 0 Å². The number of hydrogen-bond donors (Lipinski definition) is 2. The molecule has 2 aromatic rings. The molecule has 0 saturated carbocycles. The van der Waals surface area contributed by atoms with Gasteiger partial charge in [0.15, 0.2) is 6.54 Å². The van der Waals surface area contributed by atoms with Crippen LogP contribution in [0.15, 0.2) is 36.4 Å². The van der Waals surface area contributed by atoms with Crippen molar-refractivity contribution in [3.05, 3.63) is 53.3 Å². The molecule has 1 aliphatic rings. The van der Waals surface area contributed by atoms with Gasteiger partial charge in [-0.05, 0) is 36.8 Å². The monoisotopic (exact) mass is 373 g/mol. The number of halogens is 1. The molecule has 1 amide bonds. The van der Waals surface area contributed by atoms with E-state index in [1.165, 1.54) is 6.07 Å². The van der Waals surface area contributed by atoms with Gasteiger partial charge in [0.05, 0.1) is 32.0 Å². The van der Waals surface area contributed by atoms with Crippen LogP contribution < -0.4 is 19.7 Å². The van der Waals surface area contributed by atoms with Crippen molar-refractivity contribution in [1.82, 2.24) is 0 Å². The van der Waals surface area contributed by atoms with Crippen molar-refractivity contribution in [1.29, 1.82) is 0 Å². The average Bonchev–Trinajstić information content (AvgIpc) is 3.11. The van der Waals surface area contributed by atoms with Crippen molar-refractivity contribution < 1.29 is 23.6 Å². The van der Waals surface area contributed by atoms with Crippen LogP contribution in [-0.4, -0.2) is 33.2 Å². The van der Waals surface area contributed by atoms with E-state index in [1.807, 2.05) is 25.1 Å². The third kappa shape index (κ3) is 4.39. The number of hydrogen-bond acceptors (Lipinski definition) is 3. The Morgan fingerprint density at radius 1 is 1.22 bits per heavy atom. The number of methoxy groups -OCH3 is 2. The smallest absolute Gasteiger partial charge is 0.279 e. The largest absolute Gasteiger partial charge is 0.497 e. The van der Waals surface area contributed by atoms with Crippen molar-refractivity contribution >= 4 is 11.6 Å². The van der Waals surface area contributed by atoms with E-state index >= 15 is 0 Å². The minimum Gasteiger partial charge on any atom is -0.497 e. The Morgan fingerprint density at radius 3 is 2.74 bits per heavy atom. The fraction of sp³-hybridized carbons (Fsp3) is 0.381. The van der Waals surface area contributed by atoms with Crippen LogP contribution in [0.25, 0.3) is 0 Å². The maximum Gasteiger partial charge on any atom is 0.279 e. The first-order valence-electron chi connectivity index (χ1n) is 9.14. The first-order chi connectivity index (χ1) is 13.0. The molecule has 1 aliphatic heterocycles. The molecule has 1 heterocycles. The molecule has 144 valence electrons. The molecule has 2 atom stereocenters. The number of benzene rings is 2. The lowest BCUT2D eigenvalue weighted by atomic mass is 10.0. The van der Waals surface area contributed by atoms with Crippen molar-refractivity contribution in [2.24, 2.45) is 0 Å². The van der Waals surface area contributed by atoms with Gasteiger partial charge in [0.2, 0.25) is 0 Å². The SMILES string of the molecule is COc1ccc([C@@H]2CCC[NH+]2CC(=O)Nc2ccc(C)cc2F)c(OC)c1. The quantitative estimate of drug-likeness (QED) is 0.818. The highest BCUT2D eigenvalue weighted by Gasteiger charge is 2.33. The molecule has 1 fully saturated rings. The van der Waals surface area contributed by atoms with Crippen LogP contribution in [0.2, 0.25) is 0 Å². The van der Waals surface area contributed by atoms with Gasteiger partial charge in [0, 0.05) is 18.9 Å². The van der Waals surface area contributed by atoms with Crippen molar-refractivity contribution in [2.45, 2.75) is 25.8 Å². The van der Waals surface area contributed by atoms with Gasteiger partial charge in [-0.2, -0.15) is 0 Å². The van der Waals surface area contributed by atoms with Crippen LogP contribution in [0, 0.1) is 12.7 Å². The number of carbonyl (C=O) groups excluding carboxylic acids is 1. The summed E-state index contributed by atoms with van der Waals surface area (Å²) in [7, 11) is 3.26. The first-order valence-corrected chi connectivity index (χ1v) is 9.14. The highest BCUT2D eigenvalue weighted by atomic mass is 19.1. The lowest BCUT2D eigenvalue weighted by Crippen LogP contribution is -3.11. The van der Waals surface area contributed by atoms with Gasteiger partial charge in [-0.3, -0.25) is 4.79 Å². The number of likely N-dealkylation sites (tertiary alicyclic amines) is 1. The topological polar surface area (TPSA) is 52.0 Å². The van der Waals surface area contributed by atoms with Crippen LogP contribution in [0.5, 0.6) is 11.5 Å². The van der Waals surface area contributed by atoms with Crippen molar-refractivity contribution in [3.8, 4) is 11.5 Å². The third-order valence-corrected chi connectivity index (χ3v) is 5.09. The van der Waals surface area contributed by atoms with Gasteiger partial charge in [-0.15, -0.1) is 0 Å². The summed E-state index contributed by atoms with van der Waals surface area (Å²) in [6.07, 6.45) is 2.01. The number of carbonyl (C=O) groups is 1. The molecule has 1 unspecified atom stereocenters. The standard InChI is InChI=1S/C21H25FN2O3/c1-14-6-9-18(17(22)11-14)23-21(25)13-24-10-4-5-19(24)16-8-7-15(26-2)12-20(16)27-3/h6-9,11-12,19H,4-5,10,13H2,1-3H3,(H,23,25)/p+1/t19-/m0/s1. The fourth-order valence-electron chi connectivity index (χ4n) is 3.73. The number of nitrogens with one attached hydrogen (secondary N) is 2. The molecule has 0 spiro atoms. The predicted octanol–water partition coefficient (Wildman–Crippen LogP) is 2.51. The van der Waals surface area contributed by atoms with E-state index < -0.39 is 5.82 Å². The van der Waals surface area contributed by atoms with E-state index in [9.17, 15) is 9.18 Å². The number of quaternary nitrogens is 1. The summed E-state index contributed by atoms with van der Waals surface area (Å²) in [5.41, 5.74) is 2.12. The summed E-state index contributed by atoms with van der Waals surface area (Å²) >= 11 is 0. The van der Waals surface area contributed by atoms with E-state index in [1.54, 1.807) is 26.4 Å². The molecule has 6 heteroatoms. The molecule has 0 aromatic heterocycles. The van der Waals surface area contributed by atoms with E-state index in [2.05, 4.69) is 5.32 Å². The van der Waals surface area contributed by atoms with Crippen LogP contribution in [-0.2, 0) is 4.79 Å². The summed E-state index contributed by atoms with van der Waals surface area (Å²) < 4.78 is 24.8. The average molecular weight is 373 g/mol. The number of ether oxygens (including phenoxy) is 2. The fourth-order valence-corrected chi connectivity index (χ4v) is 3.73. The minimum absolute atomic E-state index is 0.166. The van der Waals surface area contributed by atoms with Crippen molar-refractivity contribution in [2.75, 3.05) is 32.6 Å². The van der Waals surface area contributed by atoms with E-state index in [0.29, 0.717) is 0 Å². The highest BCUT2D eigenvalue weighted by molar-refractivity contribution is 5.91. The lowest BCUT2D eigenvalue weighted by molar-refractivity contribution is -0.910. The van der Waals surface area contributed by atoms with Crippen molar-refractivity contribution in [3.63, 3.8) is 0 Å². The summed E-state index contributed by atoms with van der Waals surface area (Å²) in [6.45, 7) is 2.99. The molecule has 0 radical (unpaired) electrons. The Kier molecular flexibility index (Phi) is 5.96.